The summed E-state index contributed by atoms with van der Waals surface area (Å²) in [6.45, 7) is 5.32. The summed E-state index contributed by atoms with van der Waals surface area (Å²) in [6, 6.07) is 0. The number of likely N-dealkylation sites (N-methyl/N-ethyl adjacent to an activating group) is 1. The van der Waals surface area contributed by atoms with Gasteiger partial charge in [-0.2, -0.15) is 0 Å². The summed E-state index contributed by atoms with van der Waals surface area (Å²) in [4.78, 5) is 25.0. The van der Waals surface area contributed by atoms with E-state index in [-0.39, 0.29) is 25.8 Å². The average molecular weight is 796 g/mol. The van der Waals surface area contributed by atoms with E-state index in [9.17, 15) is 14.3 Å². The predicted molar refractivity (Wildman–Crippen MR) is 231 cm³/mol. The molecule has 0 aliphatic rings. The normalized spacial score (nSPS) is 14.2. The maximum atomic E-state index is 12.6. The minimum absolute atomic E-state index is 0.0209. The van der Waals surface area contributed by atoms with Gasteiger partial charge in [-0.3, -0.25) is 9.36 Å². The molecule has 0 rings (SSSR count). The molecule has 0 aromatic heterocycles. The third-order valence-electron chi connectivity index (χ3n) is 9.35. The standard InChI is InChI=1S/C46H86NO7P/c1-6-8-10-12-14-16-18-19-20-21-22-23-24-25-26-27-28-30-32-34-36-38-41-51-43-45(44-53-55(49,50)52-42-40-47(3,4)5)54-46(48)39-37-35-33-31-29-17-15-13-11-9-7-2/h13,15,18-19,21-22,24-25,45H,6-12,14,16-17,20,23,26-44H2,1-5H3/b15-13-,19-18-,22-21-,25-24-. The lowest BCUT2D eigenvalue weighted by molar-refractivity contribution is -0.870. The SMILES string of the molecule is CCCC/C=C\CCCCCCCC(=O)OC(COCCCCCCCCC/C=C\C/C=C\C/C=C\CCCCCCC)COP(=O)([O-])OCC[N+](C)(C)C. The maximum Gasteiger partial charge on any atom is 0.306 e. The predicted octanol–water partition coefficient (Wildman–Crippen LogP) is 12.5. The van der Waals surface area contributed by atoms with Crippen LogP contribution in [0.1, 0.15) is 181 Å². The molecule has 0 saturated carbocycles. The number of hydrogen-bond donors (Lipinski definition) is 0. The second-order valence-corrected chi connectivity index (χ2v) is 17.5. The van der Waals surface area contributed by atoms with Crippen LogP contribution in [-0.4, -0.2) is 70.7 Å². The molecule has 2 unspecified atom stereocenters. The van der Waals surface area contributed by atoms with E-state index < -0.39 is 13.9 Å². The third-order valence-corrected chi connectivity index (χ3v) is 10.3. The molecular formula is C46H86NO7P. The third kappa shape index (κ3) is 43.4. The number of carbonyl (C=O) groups is 1. The van der Waals surface area contributed by atoms with Crippen molar-refractivity contribution in [2.24, 2.45) is 0 Å². The van der Waals surface area contributed by atoms with Gasteiger partial charge in [0.1, 0.15) is 19.3 Å². The van der Waals surface area contributed by atoms with Crippen molar-refractivity contribution in [2.75, 3.05) is 54.1 Å². The molecule has 0 bridgehead atoms. The number of carbonyl (C=O) groups excluding carboxylic acids is 1. The molecular weight excluding hydrogens is 709 g/mol. The average Bonchev–Trinajstić information content (AvgIpc) is 3.13. The van der Waals surface area contributed by atoms with Crippen molar-refractivity contribution < 1.29 is 37.3 Å². The summed E-state index contributed by atoms with van der Waals surface area (Å²) >= 11 is 0. The summed E-state index contributed by atoms with van der Waals surface area (Å²) in [5, 5.41) is 0. The van der Waals surface area contributed by atoms with Gasteiger partial charge in [0.15, 0.2) is 0 Å². The number of hydrogen-bond acceptors (Lipinski definition) is 7. The van der Waals surface area contributed by atoms with Crippen molar-refractivity contribution in [1.82, 2.24) is 0 Å². The maximum absolute atomic E-state index is 12.6. The first-order chi connectivity index (χ1) is 26.6. The highest BCUT2D eigenvalue weighted by Crippen LogP contribution is 2.38. The smallest absolute Gasteiger partial charge is 0.306 e. The molecule has 0 N–H and O–H groups in total. The highest BCUT2D eigenvalue weighted by molar-refractivity contribution is 7.45. The number of ether oxygens (including phenoxy) is 2. The summed E-state index contributed by atoms with van der Waals surface area (Å²) in [5.41, 5.74) is 0. The van der Waals surface area contributed by atoms with Crippen LogP contribution in [0.3, 0.4) is 0 Å². The Kier molecular flexibility index (Phi) is 38.2. The Labute approximate surface area is 339 Å². The summed E-state index contributed by atoms with van der Waals surface area (Å²) in [6.07, 6.45) is 47.0. The molecule has 0 radical (unpaired) electrons. The van der Waals surface area contributed by atoms with E-state index in [0.717, 1.165) is 64.2 Å². The second kappa shape index (κ2) is 39.3. The van der Waals surface area contributed by atoms with Crippen LogP contribution in [0.4, 0.5) is 0 Å². The number of unbranched alkanes of at least 4 members (excludes halogenated alkanes) is 19. The zero-order valence-electron chi connectivity index (χ0n) is 36.4. The first-order valence-electron chi connectivity index (χ1n) is 22.4. The Morgan fingerprint density at radius 1 is 0.564 bits per heavy atom. The number of rotatable bonds is 41. The molecule has 0 spiro atoms. The number of quaternary nitrogens is 1. The van der Waals surface area contributed by atoms with Crippen LogP contribution in [0.25, 0.3) is 0 Å². The van der Waals surface area contributed by atoms with Gasteiger partial charge in [-0.25, -0.2) is 0 Å². The number of phosphoric ester groups is 1. The lowest BCUT2D eigenvalue weighted by Crippen LogP contribution is -2.37. The summed E-state index contributed by atoms with van der Waals surface area (Å²) < 4.78 is 34.5. The Balaban J connectivity index is 4.19. The Morgan fingerprint density at radius 3 is 1.56 bits per heavy atom. The molecule has 0 heterocycles. The van der Waals surface area contributed by atoms with Crippen molar-refractivity contribution in [3.8, 4) is 0 Å². The van der Waals surface area contributed by atoms with Gasteiger partial charge in [-0.05, 0) is 70.6 Å². The van der Waals surface area contributed by atoms with E-state index in [0.29, 0.717) is 24.1 Å². The zero-order valence-corrected chi connectivity index (χ0v) is 37.3. The first-order valence-corrected chi connectivity index (χ1v) is 23.8. The van der Waals surface area contributed by atoms with E-state index in [1.807, 2.05) is 21.1 Å². The topological polar surface area (TPSA) is 94.1 Å². The van der Waals surface area contributed by atoms with Gasteiger partial charge < -0.3 is 27.9 Å². The molecule has 322 valence electrons. The van der Waals surface area contributed by atoms with Gasteiger partial charge in [0.25, 0.3) is 7.82 Å². The van der Waals surface area contributed by atoms with Crippen molar-refractivity contribution in [3.05, 3.63) is 48.6 Å². The van der Waals surface area contributed by atoms with Gasteiger partial charge in [0, 0.05) is 13.0 Å². The monoisotopic (exact) mass is 796 g/mol. The van der Waals surface area contributed by atoms with E-state index in [2.05, 4.69) is 62.5 Å². The fraction of sp³-hybridized carbons (Fsp3) is 0.804. The fourth-order valence-electron chi connectivity index (χ4n) is 5.83. The quantitative estimate of drug-likeness (QED) is 0.0200. The Bertz CT molecular complexity index is 1020. The lowest BCUT2D eigenvalue weighted by atomic mass is 10.1. The molecule has 0 aromatic carbocycles. The molecule has 2 atom stereocenters. The van der Waals surface area contributed by atoms with E-state index in [4.69, 9.17) is 18.5 Å². The number of phosphoric acid groups is 1. The molecule has 0 saturated heterocycles. The Morgan fingerprint density at radius 2 is 1.02 bits per heavy atom. The van der Waals surface area contributed by atoms with E-state index >= 15 is 0 Å². The highest BCUT2D eigenvalue weighted by Gasteiger charge is 2.20. The number of nitrogens with zero attached hydrogens (tertiary/aromatic N) is 1. The van der Waals surface area contributed by atoms with Crippen LogP contribution in [0.5, 0.6) is 0 Å². The van der Waals surface area contributed by atoms with Crippen LogP contribution in [0.2, 0.25) is 0 Å². The molecule has 0 aliphatic carbocycles. The minimum atomic E-state index is -4.53. The molecule has 0 amide bonds. The largest absolute Gasteiger partial charge is 0.756 e. The molecule has 8 nitrogen and oxygen atoms in total. The van der Waals surface area contributed by atoms with Crippen LogP contribution < -0.4 is 4.89 Å². The zero-order chi connectivity index (χ0) is 40.6. The van der Waals surface area contributed by atoms with Gasteiger partial charge in [0.05, 0.1) is 34.4 Å². The van der Waals surface area contributed by atoms with Gasteiger partial charge in [0.2, 0.25) is 0 Å². The molecule has 0 aliphatic heterocycles. The highest BCUT2D eigenvalue weighted by atomic mass is 31.2. The first kappa shape index (κ1) is 53.5. The fourth-order valence-corrected chi connectivity index (χ4v) is 6.56. The van der Waals surface area contributed by atoms with E-state index in [1.165, 1.54) is 96.3 Å². The number of esters is 1. The molecule has 0 fully saturated rings. The van der Waals surface area contributed by atoms with Crippen LogP contribution in [0.15, 0.2) is 48.6 Å². The van der Waals surface area contributed by atoms with E-state index in [1.54, 1.807) is 0 Å². The summed E-state index contributed by atoms with van der Waals surface area (Å²) in [7, 11) is 1.34. The van der Waals surface area contributed by atoms with Crippen molar-refractivity contribution in [1.29, 1.82) is 0 Å². The van der Waals surface area contributed by atoms with Gasteiger partial charge >= 0.3 is 5.97 Å². The molecule has 9 heteroatoms. The summed E-state index contributed by atoms with van der Waals surface area (Å²) in [5.74, 6) is -0.350. The molecule has 0 aromatic rings. The minimum Gasteiger partial charge on any atom is -0.756 e. The lowest BCUT2D eigenvalue weighted by Gasteiger charge is -2.28. The molecule has 55 heavy (non-hydrogen) atoms. The number of allylic oxidation sites excluding steroid dienone is 8. The van der Waals surface area contributed by atoms with Crippen LogP contribution >= 0.6 is 7.82 Å². The van der Waals surface area contributed by atoms with Crippen molar-refractivity contribution >= 4 is 13.8 Å². The second-order valence-electron chi connectivity index (χ2n) is 16.0. The van der Waals surface area contributed by atoms with Crippen molar-refractivity contribution in [3.63, 3.8) is 0 Å². The van der Waals surface area contributed by atoms with Gasteiger partial charge in [-0.15, -0.1) is 0 Å². The Hall–Kier alpha value is -1.54. The van der Waals surface area contributed by atoms with Crippen LogP contribution in [0, 0.1) is 0 Å². The van der Waals surface area contributed by atoms with Crippen LogP contribution in [-0.2, 0) is 27.9 Å². The van der Waals surface area contributed by atoms with Crippen molar-refractivity contribution in [2.45, 2.75) is 187 Å². The van der Waals surface area contributed by atoms with Gasteiger partial charge in [-0.1, -0.05) is 152 Å².